The number of aliphatic hydroxyl groups is 1. The van der Waals surface area contributed by atoms with Crippen LogP contribution in [-0.2, 0) is 0 Å². The van der Waals surface area contributed by atoms with Gasteiger partial charge in [0.25, 0.3) is 0 Å². The van der Waals surface area contributed by atoms with Gasteiger partial charge >= 0.3 is 0 Å². The van der Waals surface area contributed by atoms with Crippen molar-refractivity contribution in [3.8, 4) is 0 Å². The van der Waals surface area contributed by atoms with Gasteiger partial charge in [-0.2, -0.15) is 0 Å². The first-order valence-electron chi connectivity index (χ1n) is 4.49. The quantitative estimate of drug-likeness (QED) is 0.594. The van der Waals surface area contributed by atoms with Crippen molar-refractivity contribution in [2.75, 3.05) is 0 Å². The van der Waals surface area contributed by atoms with Crippen molar-refractivity contribution in [3.63, 3.8) is 0 Å². The first-order valence-corrected chi connectivity index (χ1v) is 4.49. The number of hydrogen-bond donors (Lipinski definition) is 1. The Hall–Kier alpha value is -0.560. The van der Waals surface area contributed by atoms with Crippen molar-refractivity contribution < 1.29 is 5.11 Å². The molecule has 0 amide bonds. The predicted molar refractivity (Wildman–Crippen MR) is 51.9 cm³/mol. The molecule has 1 N–H and O–H groups in total. The molecule has 0 heterocycles. The van der Waals surface area contributed by atoms with Crippen LogP contribution in [0.1, 0.15) is 33.6 Å². The van der Waals surface area contributed by atoms with E-state index < -0.39 is 5.60 Å². The fourth-order valence-corrected chi connectivity index (χ4v) is 1.96. The Morgan fingerprint density at radius 2 is 2.33 bits per heavy atom. The third kappa shape index (κ3) is 1.98. The maximum atomic E-state index is 9.74. The van der Waals surface area contributed by atoms with Crippen molar-refractivity contribution in [1.82, 2.24) is 0 Å². The highest BCUT2D eigenvalue weighted by Gasteiger charge is 2.26. The third-order valence-corrected chi connectivity index (χ3v) is 2.62. The van der Waals surface area contributed by atoms with Crippen LogP contribution in [0.25, 0.3) is 0 Å². The Bertz CT molecular complexity index is 223. The van der Waals surface area contributed by atoms with Crippen LogP contribution in [0.2, 0.25) is 0 Å². The molecule has 68 valence electrons. The van der Waals surface area contributed by atoms with Crippen LogP contribution in [0.3, 0.4) is 0 Å². The smallest absolute Gasteiger partial charge is 0.0802 e. The summed E-state index contributed by atoms with van der Waals surface area (Å²) in [5.74, 6) is 0.491. The Balaban J connectivity index is 2.83. The molecule has 0 unspecified atom stereocenters. The average molecular weight is 166 g/mol. The summed E-state index contributed by atoms with van der Waals surface area (Å²) in [5.41, 5.74) is 1.88. The van der Waals surface area contributed by atoms with Gasteiger partial charge in [0.05, 0.1) is 5.60 Å². The van der Waals surface area contributed by atoms with Crippen molar-refractivity contribution in [1.29, 1.82) is 0 Å². The van der Waals surface area contributed by atoms with E-state index in [1.54, 1.807) is 0 Å². The van der Waals surface area contributed by atoms with Crippen molar-refractivity contribution in [3.05, 3.63) is 23.8 Å². The zero-order chi connectivity index (χ0) is 9.35. The molecular formula is C11H18O. The molecule has 12 heavy (non-hydrogen) atoms. The molecule has 0 aromatic rings. The molecule has 0 spiro atoms. The van der Waals surface area contributed by atoms with E-state index in [9.17, 15) is 5.11 Å². The summed E-state index contributed by atoms with van der Waals surface area (Å²) in [4.78, 5) is 0. The lowest BCUT2D eigenvalue weighted by atomic mass is 9.78. The molecule has 1 aliphatic carbocycles. The fourth-order valence-electron chi connectivity index (χ4n) is 1.96. The molecular weight excluding hydrogens is 148 g/mol. The Morgan fingerprint density at radius 1 is 1.75 bits per heavy atom. The zero-order valence-electron chi connectivity index (χ0n) is 8.22. The summed E-state index contributed by atoms with van der Waals surface area (Å²) in [5, 5.41) is 9.74. The maximum Gasteiger partial charge on any atom is 0.0802 e. The lowest BCUT2D eigenvalue weighted by molar-refractivity contribution is 0.0880. The van der Waals surface area contributed by atoms with E-state index >= 15 is 0 Å². The van der Waals surface area contributed by atoms with E-state index in [-0.39, 0.29) is 0 Å². The molecule has 0 aromatic carbocycles. The molecule has 1 aliphatic rings. The first-order chi connectivity index (χ1) is 5.42. The molecule has 0 saturated heterocycles. The van der Waals surface area contributed by atoms with E-state index in [1.165, 1.54) is 11.1 Å². The molecule has 1 nitrogen and oxygen atoms in total. The second-order valence-electron chi connectivity index (χ2n) is 4.18. The Kier molecular flexibility index (Phi) is 2.43. The highest BCUT2D eigenvalue weighted by Crippen LogP contribution is 2.34. The molecule has 0 bridgehead atoms. The van der Waals surface area contributed by atoms with Gasteiger partial charge in [-0.3, -0.25) is 0 Å². The molecule has 0 fully saturated rings. The van der Waals surface area contributed by atoms with E-state index in [0.717, 1.165) is 12.8 Å². The van der Waals surface area contributed by atoms with Crippen LogP contribution in [-0.4, -0.2) is 10.7 Å². The van der Waals surface area contributed by atoms with Crippen molar-refractivity contribution in [2.45, 2.75) is 39.2 Å². The van der Waals surface area contributed by atoms with Gasteiger partial charge in [-0.1, -0.05) is 23.8 Å². The van der Waals surface area contributed by atoms with Gasteiger partial charge in [0.2, 0.25) is 0 Å². The summed E-state index contributed by atoms with van der Waals surface area (Å²) in [6, 6.07) is 0. The van der Waals surface area contributed by atoms with Gasteiger partial charge in [0.1, 0.15) is 0 Å². The molecule has 2 atom stereocenters. The summed E-state index contributed by atoms with van der Waals surface area (Å²) < 4.78 is 0. The van der Waals surface area contributed by atoms with E-state index in [0.29, 0.717) is 5.92 Å². The lowest BCUT2D eigenvalue weighted by Crippen LogP contribution is -2.27. The highest BCUT2D eigenvalue weighted by molar-refractivity contribution is 5.22. The van der Waals surface area contributed by atoms with Crippen LogP contribution in [0.4, 0.5) is 0 Å². The van der Waals surface area contributed by atoms with Gasteiger partial charge in [-0.25, -0.2) is 0 Å². The lowest BCUT2D eigenvalue weighted by Gasteiger charge is -2.31. The highest BCUT2D eigenvalue weighted by atomic mass is 16.3. The van der Waals surface area contributed by atoms with Gasteiger partial charge < -0.3 is 5.11 Å². The first kappa shape index (κ1) is 9.53. The Morgan fingerprint density at radius 3 is 2.75 bits per heavy atom. The summed E-state index contributed by atoms with van der Waals surface area (Å²) in [6.45, 7) is 9.95. The monoisotopic (exact) mass is 166 g/mol. The number of rotatable bonds is 1. The molecule has 0 aromatic heterocycles. The summed E-state index contributed by atoms with van der Waals surface area (Å²) in [7, 11) is 0. The zero-order valence-corrected chi connectivity index (χ0v) is 8.22. The second-order valence-corrected chi connectivity index (χ2v) is 4.18. The van der Waals surface area contributed by atoms with E-state index in [2.05, 4.69) is 20.4 Å². The molecule has 0 saturated carbocycles. The second kappa shape index (κ2) is 3.06. The van der Waals surface area contributed by atoms with E-state index in [4.69, 9.17) is 0 Å². The maximum absolute atomic E-state index is 9.74. The minimum absolute atomic E-state index is 0.491. The fraction of sp³-hybridized carbons (Fsp3) is 0.636. The van der Waals surface area contributed by atoms with Crippen LogP contribution >= 0.6 is 0 Å². The molecule has 1 rings (SSSR count). The normalized spacial score (nSPS) is 36.0. The van der Waals surface area contributed by atoms with Crippen molar-refractivity contribution >= 4 is 0 Å². The third-order valence-electron chi connectivity index (χ3n) is 2.62. The van der Waals surface area contributed by atoms with Gasteiger partial charge in [-0.15, -0.1) is 0 Å². The molecule has 0 aliphatic heterocycles. The standard InChI is InChI=1S/C11H18O/c1-8(2)10-5-6-11(4,12)7-9(10)3/h7,10,12H,1,5-6H2,2-4H3/t10-,11-/m0/s1. The largest absolute Gasteiger partial charge is 0.386 e. The molecule has 0 radical (unpaired) electrons. The van der Waals surface area contributed by atoms with Gasteiger partial charge in [0, 0.05) is 5.92 Å². The Labute approximate surface area is 74.8 Å². The predicted octanol–water partition coefficient (Wildman–Crippen LogP) is 2.67. The molecule has 1 heteroatoms. The van der Waals surface area contributed by atoms with E-state index in [1.807, 2.05) is 13.0 Å². The average Bonchev–Trinajstić information content (AvgIpc) is 1.83. The van der Waals surface area contributed by atoms with Crippen LogP contribution in [0, 0.1) is 5.92 Å². The number of allylic oxidation sites excluding steroid dienone is 2. The van der Waals surface area contributed by atoms with Crippen LogP contribution in [0.5, 0.6) is 0 Å². The minimum Gasteiger partial charge on any atom is -0.386 e. The van der Waals surface area contributed by atoms with Gasteiger partial charge in [-0.05, 0) is 33.6 Å². The van der Waals surface area contributed by atoms with Crippen molar-refractivity contribution in [2.24, 2.45) is 5.92 Å². The van der Waals surface area contributed by atoms with Crippen LogP contribution in [0.15, 0.2) is 23.8 Å². The minimum atomic E-state index is -0.587. The SMILES string of the molecule is C=C(C)[C@@H]1CC[C@](C)(O)C=C1C. The van der Waals surface area contributed by atoms with Gasteiger partial charge in [0.15, 0.2) is 0 Å². The number of hydrogen-bond acceptors (Lipinski definition) is 1. The summed E-state index contributed by atoms with van der Waals surface area (Å²) >= 11 is 0. The topological polar surface area (TPSA) is 20.2 Å². The van der Waals surface area contributed by atoms with Crippen LogP contribution < -0.4 is 0 Å². The summed E-state index contributed by atoms with van der Waals surface area (Å²) in [6.07, 6.45) is 3.85.